The second-order valence-electron chi connectivity index (χ2n) is 5.54. The maximum atomic E-state index is 12.7. The van der Waals surface area contributed by atoms with Gasteiger partial charge in [-0.15, -0.1) is 11.3 Å². The van der Waals surface area contributed by atoms with Crippen molar-refractivity contribution >= 4 is 47.3 Å². The maximum absolute atomic E-state index is 12.7. The van der Waals surface area contributed by atoms with E-state index < -0.39 is 20.0 Å². The third-order valence-corrected chi connectivity index (χ3v) is 9.94. The van der Waals surface area contributed by atoms with Gasteiger partial charge in [0.25, 0.3) is 10.0 Å². The average Bonchev–Trinajstić information content (AvgIpc) is 3.09. The summed E-state index contributed by atoms with van der Waals surface area (Å²) < 4.78 is 59.4. The van der Waals surface area contributed by atoms with Crippen LogP contribution in [0.15, 0.2) is 49.3 Å². The van der Waals surface area contributed by atoms with E-state index in [9.17, 15) is 16.8 Å². The van der Waals surface area contributed by atoms with Crippen LogP contribution in [-0.4, -0.2) is 58.7 Å². The van der Waals surface area contributed by atoms with Crippen LogP contribution in [0.4, 0.5) is 0 Å². The van der Waals surface area contributed by atoms with Crippen LogP contribution < -0.4 is 4.74 Å². The van der Waals surface area contributed by atoms with Crippen molar-refractivity contribution in [2.24, 2.45) is 0 Å². The molecule has 0 atom stereocenters. The molecular weight excluding hydrogens is 464 g/mol. The highest BCUT2D eigenvalue weighted by Crippen LogP contribution is 2.29. The molecular formula is C15H17BrN2O5S3. The Morgan fingerprint density at radius 1 is 0.885 bits per heavy atom. The number of benzene rings is 1. The molecule has 3 rings (SSSR count). The first kappa shape index (κ1) is 19.8. The van der Waals surface area contributed by atoms with Crippen molar-refractivity contribution in [2.45, 2.75) is 9.10 Å². The van der Waals surface area contributed by atoms with E-state index in [1.165, 1.54) is 27.9 Å². The summed E-state index contributed by atoms with van der Waals surface area (Å²) >= 11 is 4.40. The largest absolute Gasteiger partial charge is 0.497 e. The lowest BCUT2D eigenvalue weighted by atomic mass is 10.3. The Morgan fingerprint density at radius 2 is 1.42 bits per heavy atom. The Balaban J connectivity index is 1.73. The first-order valence-electron chi connectivity index (χ1n) is 7.65. The van der Waals surface area contributed by atoms with Crippen molar-refractivity contribution in [3.8, 4) is 5.75 Å². The minimum Gasteiger partial charge on any atom is -0.497 e. The fourth-order valence-corrected chi connectivity index (χ4v) is 7.62. The number of piperazine rings is 1. The van der Waals surface area contributed by atoms with Crippen LogP contribution in [0.1, 0.15) is 0 Å². The highest BCUT2D eigenvalue weighted by atomic mass is 79.9. The molecule has 11 heteroatoms. The lowest BCUT2D eigenvalue weighted by Crippen LogP contribution is -2.50. The Bertz CT molecular complexity index is 979. The van der Waals surface area contributed by atoms with Crippen LogP contribution in [0.2, 0.25) is 0 Å². The second kappa shape index (κ2) is 7.56. The van der Waals surface area contributed by atoms with Gasteiger partial charge in [0.2, 0.25) is 10.0 Å². The summed E-state index contributed by atoms with van der Waals surface area (Å²) in [6.07, 6.45) is 0. The van der Waals surface area contributed by atoms with Crippen molar-refractivity contribution in [1.29, 1.82) is 0 Å². The van der Waals surface area contributed by atoms with E-state index in [2.05, 4.69) is 15.9 Å². The minimum absolute atomic E-state index is 0.111. The van der Waals surface area contributed by atoms with Gasteiger partial charge in [-0.1, -0.05) is 0 Å². The molecule has 0 N–H and O–H groups in total. The van der Waals surface area contributed by atoms with Crippen molar-refractivity contribution in [3.05, 3.63) is 40.2 Å². The van der Waals surface area contributed by atoms with Crippen molar-refractivity contribution in [1.82, 2.24) is 8.61 Å². The summed E-state index contributed by atoms with van der Waals surface area (Å²) in [6, 6.07) is 9.37. The monoisotopic (exact) mass is 480 g/mol. The zero-order chi connectivity index (χ0) is 18.9. The van der Waals surface area contributed by atoms with Gasteiger partial charge in [-0.3, -0.25) is 0 Å². The molecule has 0 amide bonds. The van der Waals surface area contributed by atoms with Gasteiger partial charge in [0.05, 0.1) is 15.8 Å². The molecule has 1 aromatic carbocycles. The quantitative estimate of drug-likeness (QED) is 0.654. The van der Waals surface area contributed by atoms with Gasteiger partial charge in [0, 0.05) is 26.2 Å². The van der Waals surface area contributed by atoms with Crippen LogP contribution in [0.3, 0.4) is 0 Å². The lowest BCUT2D eigenvalue weighted by Gasteiger charge is -2.32. The Kier molecular flexibility index (Phi) is 5.75. The molecule has 1 aromatic heterocycles. The molecule has 1 fully saturated rings. The fraction of sp³-hybridized carbons (Fsp3) is 0.333. The molecule has 7 nitrogen and oxygen atoms in total. The number of sulfonamides is 2. The number of nitrogens with zero attached hydrogens (tertiary/aromatic N) is 2. The topological polar surface area (TPSA) is 84.0 Å². The molecule has 1 saturated heterocycles. The summed E-state index contributed by atoms with van der Waals surface area (Å²) in [4.78, 5) is 0.164. The van der Waals surface area contributed by atoms with E-state index in [0.29, 0.717) is 5.75 Å². The SMILES string of the molecule is COc1ccc(S(=O)(=O)N2CCN(S(=O)(=O)c3ccc(Br)s3)CC2)cc1. The highest BCUT2D eigenvalue weighted by Gasteiger charge is 2.34. The summed E-state index contributed by atoms with van der Waals surface area (Å²) in [5.74, 6) is 0.571. The maximum Gasteiger partial charge on any atom is 0.252 e. The standard InChI is InChI=1S/C15H17BrN2O5S3/c1-23-12-2-4-13(5-3-12)25(19,20)17-8-10-18(11-9-17)26(21,22)15-7-6-14(16)24-15/h2-7H,8-11H2,1H3. The molecule has 0 unspecified atom stereocenters. The normalized spacial score (nSPS) is 17.3. The molecule has 2 aromatic rings. The predicted molar refractivity (Wildman–Crippen MR) is 103 cm³/mol. The number of halogens is 1. The van der Waals surface area contributed by atoms with Crippen LogP contribution in [-0.2, 0) is 20.0 Å². The number of thiophene rings is 1. The van der Waals surface area contributed by atoms with Gasteiger partial charge in [-0.25, -0.2) is 16.8 Å². The van der Waals surface area contributed by atoms with Gasteiger partial charge in [0.15, 0.2) is 0 Å². The van der Waals surface area contributed by atoms with E-state index in [1.54, 1.807) is 24.3 Å². The molecule has 1 aliphatic rings. The Hall–Kier alpha value is -0.980. The van der Waals surface area contributed by atoms with Crippen molar-refractivity contribution < 1.29 is 21.6 Å². The zero-order valence-electron chi connectivity index (χ0n) is 13.8. The fourth-order valence-electron chi connectivity index (χ4n) is 2.61. The van der Waals surface area contributed by atoms with E-state index >= 15 is 0 Å². The molecule has 0 saturated carbocycles. The minimum atomic E-state index is -3.67. The molecule has 26 heavy (non-hydrogen) atoms. The second-order valence-corrected chi connectivity index (χ2v) is 12.1. The lowest BCUT2D eigenvalue weighted by molar-refractivity contribution is 0.273. The van der Waals surface area contributed by atoms with Crippen LogP contribution in [0.25, 0.3) is 0 Å². The smallest absolute Gasteiger partial charge is 0.252 e. The molecule has 142 valence electrons. The third-order valence-electron chi connectivity index (χ3n) is 4.04. The zero-order valence-corrected chi connectivity index (χ0v) is 17.9. The van der Waals surface area contributed by atoms with E-state index in [-0.39, 0.29) is 35.3 Å². The number of hydrogen-bond donors (Lipinski definition) is 0. The van der Waals surface area contributed by atoms with Crippen LogP contribution >= 0.6 is 27.3 Å². The number of methoxy groups -OCH3 is 1. The van der Waals surface area contributed by atoms with Gasteiger partial charge >= 0.3 is 0 Å². The van der Waals surface area contributed by atoms with E-state index in [4.69, 9.17) is 4.74 Å². The van der Waals surface area contributed by atoms with E-state index in [0.717, 1.165) is 15.1 Å². The summed E-state index contributed by atoms with van der Waals surface area (Å²) in [5.41, 5.74) is 0. The number of rotatable bonds is 5. The molecule has 0 bridgehead atoms. The molecule has 2 heterocycles. The first-order valence-corrected chi connectivity index (χ1v) is 12.1. The Morgan fingerprint density at radius 3 is 1.88 bits per heavy atom. The van der Waals surface area contributed by atoms with Gasteiger partial charge in [0.1, 0.15) is 9.96 Å². The molecule has 0 spiro atoms. The number of hydrogen-bond acceptors (Lipinski definition) is 6. The van der Waals surface area contributed by atoms with Gasteiger partial charge < -0.3 is 4.74 Å². The third kappa shape index (κ3) is 3.82. The predicted octanol–water partition coefficient (Wildman–Crippen LogP) is 2.21. The summed E-state index contributed by atoms with van der Waals surface area (Å²) in [7, 11) is -5.76. The summed E-state index contributed by atoms with van der Waals surface area (Å²) in [5, 5.41) is 0. The first-order chi connectivity index (χ1) is 12.2. The molecule has 0 aliphatic carbocycles. The van der Waals surface area contributed by atoms with Gasteiger partial charge in [-0.2, -0.15) is 8.61 Å². The average molecular weight is 481 g/mol. The number of ether oxygens (including phenoxy) is 1. The van der Waals surface area contributed by atoms with Gasteiger partial charge in [-0.05, 0) is 52.3 Å². The highest BCUT2D eigenvalue weighted by molar-refractivity contribution is 9.11. The van der Waals surface area contributed by atoms with Crippen molar-refractivity contribution in [2.75, 3.05) is 33.3 Å². The Labute approximate surface area is 165 Å². The summed E-state index contributed by atoms with van der Waals surface area (Å²) in [6.45, 7) is 0.459. The van der Waals surface area contributed by atoms with Crippen LogP contribution in [0.5, 0.6) is 5.75 Å². The van der Waals surface area contributed by atoms with Crippen LogP contribution in [0, 0.1) is 0 Å². The molecule has 1 aliphatic heterocycles. The molecule has 0 radical (unpaired) electrons. The van der Waals surface area contributed by atoms with Crippen molar-refractivity contribution in [3.63, 3.8) is 0 Å². The van der Waals surface area contributed by atoms with E-state index in [1.807, 2.05) is 0 Å².